The minimum absolute atomic E-state index is 0.0106. The minimum atomic E-state index is -1.05. The predicted octanol–water partition coefficient (Wildman–Crippen LogP) is 1.82. The van der Waals surface area contributed by atoms with Gasteiger partial charge in [0.15, 0.2) is 12.0 Å². The normalized spacial score (nSPS) is 19.7. The number of hydrogen-bond acceptors (Lipinski definition) is 5. The first-order chi connectivity index (χ1) is 9.89. The molecule has 1 N–H and O–H groups in total. The molecule has 1 aromatic heterocycles. The van der Waals surface area contributed by atoms with Crippen molar-refractivity contribution in [3.05, 3.63) is 11.4 Å². The van der Waals surface area contributed by atoms with Gasteiger partial charge in [0.1, 0.15) is 0 Å². The molecule has 0 amide bonds. The Labute approximate surface area is 124 Å². The largest absolute Gasteiger partial charge is 0.476 e. The van der Waals surface area contributed by atoms with Crippen LogP contribution >= 0.6 is 0 Å². The molecule has 7 nitrogen and oxygen atoms in total. The van der Waals surface area contributed by atoms with Gasteiger partial charge in [0.2, 0.25) is 0 Å². The first kappa shape index (κ1) is 15.9. The Morgan fingerprint density at radius 2 is 2.24 bits per heavy atom. The van der Waals surface area contributed by atoms with Crippen molar-refractivity contribution in [3.8, 4) is 0 Å². The molecule has 2 rings (SSSR count). The van der Waals surface area contributed by atoms with Gasteiger partial charge in [-0.2, -0.15) is 0 Å². The van der Waals surface area contributed by atoms with E-state index in [0.29, 0.717) is 18.8 Å². The highest BCUT2D eigenvalue weighted by molar-refractivity contribution is 5.86. The molecular formula is C14H23N3O4. The molecular weight excluding hydrogens is 274 g/mol. The van der Waals surface area contributed by atoms with Gasteiger partial charge in [-0.05, 0) is 19.3 Å². The highest BCUT2D eigenvalue weighted by Crippen LogP contribution is 2.24. The second-order valence-corrected chi connectivity index (χ2v) is 6.23. The van der Waals surface area contributed by atoms with Gasteiger partial charge in [-0.25, -0.2) is 9.48 Å². The SMILES string of the molecule is CC(C)(C)c1c(C(=O)O)nnn1CCOC1CCCCO1. The summed E-state index contributed by atoms with van der Waals surface area (Å²) in [5.41, 5.74) is 0.276. The molecule has 1 aliphatic heterocycles. The van der Waals surface area contributed by atoms with Crippen LogP contribution in [0.2, 0.25) is 0 Å². The Morgan fingerprint density at radius 1 is 1.48 bits per heavy atom. The highest BCUT2D eigenvalue weighted by Gasteiger charge is 2.28. The van der Waals surface area contributed by atoms with E-state index in [1.54, 1.807) is 4.68 Å². The van der Waals surface area contributed by atoms with Crippen molar-refractivity contribution in [1.29, 1.82) is 0 Å². The summed E-state index contributed by atoms with van der Waals surface area (Å²) in [4.78, 5) is 11.2. The molecule has 0 bridgehead atoms. The average Bonchev–Trinajstić information content (AvgIpc) is 2.84. The van der Waals surface area contributed by atoms with Crippen molar-refractivity contribution in [2.75, 3.05) is 13.2 Å². The second kappa shape index (κ2) is 6.53. The molecule has 1 unspecified atom stereocenters. The fraction of sp³-hybridized carbons (Fsp3) is 0.786. The van der Waals surface area contributed by atoms with Gasteiger partial charge in [-0.15, -0.1) is 5.10 Å². The molecule has 7 heteroatoms. The number of hydrogen-bond donors (Lipinski definition) is 1. The van der Waals surface area contributed by atoms with E-state index in [4.69, 9.17) is 9.47 Å². The van der Waals surface area contributed by atoms with Crippen LogP contribution < -0.4 is 0 Å². The number of ether oxygens (including phenoxy) is 2. The molecule has 2 heterocycles. The summed E-state index contributed by atoms with van der Waals surface area (Å²) in [6, 6.07) is 0. The highest BCUT2D eigenvalue weighted by atomic mass is 16.7. The molecule has 21 heavy (non-hydrogen) atoms. The van der Waals surface area contributed by atoms with Gasteiger partial charge in [0.25, 0.3) is 0 Å². The Balaban J connectivity index is 2.01. The van der Waals surface area contributed by atoms with Gasteiger partial charge in [0.05, 0.1) is 18.8 Å². The van der Waals surface area contributed by atoms with Crippen LogP contribution in [0.4, 0.5) is 0 Å². The zero-order chi connectivity index (χ0) is 15.5. The third-order valence-electron chi connectivity index (χ3n) is 3.39. The first-order valence-electron chi connectivity index (χ1n) is 7.30. The fourth-order valence-corrected chi connectivity index (χ4v) is 2.47. The average molecular weight is 297 g/mol. The van der Waals surface area contributed by atoms with Crippen LogP contribution in [-0.2, 0) is 21.4 Å². The van der Waals surface area contributed by atoms with E-state index in [2.05, 4.69) is 10.3 Å². The third kappa shape index (κ3) is 4.01. The summed E-state index contributed by atoms with van der Waals surface area (Å²) in [5, 5.41) is 16.9. The second-order valence-electron chi connectivity index (χ2n) is 6.23. The van der Waals surface area contributed by atoms with E-state index >= 15 is 0 Å². The van der Waals surface area contributed by atoms with Crippen molar-refractivity contribution >= 4 is 5.97 Å². The van der Waals surface area contributed by atoms with E-state index in [-0.39, 0.29) is 17.4 Å². The number of carboxylic acid groups (broad SMARTS) is 1. The smallest absolute Gasteiger partial charge is 0.358 e. The van der Waals surface area contributed by atoms with Crippen molar-refractivity contribution in [2.24, 2.45) is 0 Å². The van der Waals surface area contributed by atoms with Crippen LogP contribution in [0.1, 0.15) is 56.2 Å². The van der Waals surface area contributed by atoms with Crippen LogP contribution in [0.15, 0.2) is 0 Å². The fourth-order valence-electron chi connectivity index (χ4n) is 2.47. The lowest BCUT2D eigenvalue weighted by Crippen LogP contribution is -2.26. The van der Waals surface area contributed by atoms with E-state index < -0.39 is 5.97 Å². The zero-order valence-electron chi connectivity index (χ0n) is 12.8. The molecule has 1 fully saturated rings. The standard InChI is InChI=1S/C14H23N3O4/c1-14(2,3)12-11(13(18)19)15-16-17(12)7-9-21-10-6-4-5-8-20-10/h10H,4-9H2,1-3H3,(H,18,19). The maximum atomic E-state index is 11.2. The summed E-state index contributed by atoms with van der Waals surface area (Å²) in [5.74, 6) is -1.05. The van der Waals surface area contributed by atoms with Gasteiger partial charge >= 0.3 is 5.97 Å². The van der Waals surface area contributed by atoms with E-state index in [0.717, 1.165) is 25.9 Å². The number of carbonyl (C=O) groups is 1. The lowest BCUT2D eigenvalue weighted by Gasteiger charge is -2.23. The molecule has 1 aliphatic rings. The summed E-state index contributed by atoms with van der Waals surface area (Å²) in [6.45, 7) is 7.46. The number of rotatable bonds is 5. The summed E-state index contributed by atoms with van der Waals surface area (Å²) >= 11 is 0. The third-order valence-corrected chi connectivity index (χ3v) is 3.39. The Hall–Kier alpha value is -1.47. The number of carboxylic acids is 1. The molecule has 1 aromatic rings. The molecule has 1 atom stereocenters. The van der Waals surface area contributed by atoms with Crippen molar-refractivity contribution in [2.45, 2.75) is 58.3 Å². The lowest BCUT2D eigenvalue weighted by atomic mass is 9.90. The molecule has 0 radical (unpaired) electrons. The number of aromatic carboxylic acids is 1. The molecule has 1 saturated heterocycles. The molecule has 0 aromatic carbocycles. The van der Waals surface area contributed by atoms with E-state index in [9.17, 15) is 9.90 Å². The van der Waals surface area contributed by atoms with Crippen LogP contribution in [-0.4, -0.2) is 45.6 Å². The van der Waals surface area contributed by atoms with Crippen LogP contribution in [0.25, 0.3) is 0 Å². The monoisotopic (exact) mass is 297 g/mol. The van der Waals surface area contributed by atoms with E-state index in [1.807, 2.05) is 20.8 Å². The number of nitrogens with zero attached hydrogens (tertiary/aromatic N) is 3. The van der Waals surface area contributed by atoms with Crippen LogP contribution in [0.5, 0.6) is 0 Å². The molecule has 0 spiro atoms. The van der Waals surface area contributed by atoms with Gasteiger partial charge in [-0.3, -0.25) is 0 Å². The van der Waals surface area contributed by atoms with Gasteiger partial charge in [-0.1, -0.05) is 26.0 Å². The quantitative estimate of drug-likeness (QED) is 0.892. The Morgan fingerprint density at radius 3 is 2.81 bits per heavy atom. The first-order valence-corrected chi connectivity index (χ1v) is 7.30. The molecule has 118 valence electrons. The summed E-state index contributed by atoms with van der Waals surface area (Å²) in [7, 11) is 0. The predicted molar refractivity (Wildman–Crippen MR) is 75.2 cm³/mol. The Bertz CT molecular complexity index is 487. The molecule has 0 saturated carbocycles. The maximum absolute atomic E-state index is 11.2. The van der Waals surface area contributed by atoms with Crippen molar-refractivity contribution in [1.82, 2.24) is 15.0 Å². The van der Waals surface area contributed by atoms with Crippen molar-refractivity contribution < 1.29 is 19.4 Å². The van der Waals surface area contributed by atoms with Gasteiger partial charge in [0, 0.05) is 12.0 Å². The summed E-state index contributed by atoms with van der Waals surface area (Å²) < 4.78 is 12.8. The van der Waals surface area contributed by atoms with Crippen LogP contribution in [0.3, 0.4) is 0 Å². The zero-order valence-corrected chi connectivity index (χ0v) is 12.8. The topological polar surface area (TPSA) is 86.5 Å². The minimum Gasteiger partial charge on any atom is -0.476 e. The number of aromatic nitrogens is 3. The van der Waals surface area contributed by atoms with Gasteiger partial charge < -0.3 is 14.6 Å². The van der Waals surface area contributed by atoms with E-state index in [1.165, 1.54) is 0 Å². The molecule has 0 aliphatic carbocycles. The van der Waals surface area contributed by atoms with Crippen LogP contribution in [0, 0.1) is 0 Å². The van der Waals surface area contributed by atoms with Crippen molar-refractivity contribution in [3.63, 3.8) is 0 Å². The lowest BCUT2D eigenvalue weighted by molar-refractivity contribution is -0.164. The maximum Gasteiger partial charge on any atom is 0.358 e. The Kier molecular flexibility index (Phi) is 4.95. The summed E-state index contributed by atoms with van der Waals surface area (Å²) in [6.07, 6.45) is 2.95.